The largest absolute Gasteiger partial charge is 0.362 e. The molecule has 0 atom stereocenters. The zero-order valence-corrected chi connectivity index (χ0v) is 10.8. The van der Waals surface area contributed by atoms with Crippen LogP contribution in [0.1, 0.15) is 5.82 Å². The van der Waals surface area contributed by atoms with E-state index in [1.807, 2.05) is 7.05 Å². The molecule has 0 spiro atoms. The molecule has 0 aliphatic rings. The fourth-order valence-electron chi connectivity index (χ4n) is 1.17. The number of anilines is 1. The minimum Gasteiger partial charge on any atom is -0.362 e. The second-order valence-electron chi connectivity index (χ2n) is 3.17. The van der Waals surface area contributed by atoms with Crippen molar-refractivity contribution in [2.24, 2.45) is 7.05 Å². The van der Waals surface area contributed by atoms with E-state index in [-0.39, 0.29) is 0 Å². The molecule has 84 valence electrons. The number of aryl methyl sites for hydroxylation is 1. The highest BCUT2D eigenvalue weighted by Gasteiger charge is 2.03. The molecule has 1 N–H and O–H groups in total. The second-order valence-corrected chi connectivity index (χ2v) is 4.46. The lowest BCUT2D eigenvalue weighted by molar-refractivity contribution is 0.747. The Morgan fingerprint density at radius 2 is 2.31 bits per heavy atom. The molecule has 7 heteroatoms. The highest BCUT2D eigenvalue weighted by molar-refractivity contribution is 9.10. The number of rotatable bonds is 3. The van der Waals surface area contributed by atoms with Gasteiger partial charge in [0, 0.05) is 13.2 Å². The number of nitrogens with zero attached hydrogens (tertiary/aromatic N) is 4. The Hall–Kier alpha value is -1.14. The van der Waals surface area contributed by atoms with Crippen LogP contribution < -0.4 is 5.32 Å². The minimum atomic E-state index is 0.522. The summed E-state index contributed by atoms with van der Waals surface area (Å²) in [6.45, 7) is 0.522. The van der Waals surface area contributed by atoms with Gasteiger partial charge in [0.15, 0.2) is 5.82 Å². The number of aromatic nitrogens is 4. The second kappa shape index (κ2) is 4.80. The first-order valence-corrected chi connectivity index (χ1v) is 5.71. The number of nitrogens with one attached hydrogen (secondary N) is 1. The van der Waals surface area contributed by atoms with Crippen molar-refractivity contribution in [3.63, 3.8) is 0 Å². The van der Waals surface area contributed by atoms with Crippen molar-refractivity contribution in [2.75, 3.05) is 5.32 Å². The molecule has 0 fully saturated rings. The van der Waals surface area contributed by atoms with Gasteiger partial charge in [0.2, 0.25) is 0 Å². The van der Waals surface area contributed by atoms with Crippen LogP contribution in [0, 0.1) is 0 Å². The van der Waals surface area contributed by atoms with Gasteiger partial charge >= 0.3 is 0 Å². The molecule has 0 unspecified atom stereocenters. The van der Waals surface area contributed by atoms with Crippen molar-refractivity contribution in [3.8, 4) is 0 Å². The first-order chi connectivity index (χ1) is 7.65. The molecule has 2 heterocycles. The van der Waals surface area contributed by atoms with E-state index in [0.717, 1.165) is 10.3 Å². The van der Waals surface area contributed by atoms with E-state index in [2.05, 4.69) is 36.3 Å². The third-order valence-electron chi connectivity index (χ3n) is 1.87. The average molecular weight is 303 g/mol. The molecular weight excluding hydrogens is 293 g/mol. The molecule has 2 rings (SSSR count). The van der Waals surface area contributed by atoms with E-state index in [4.69, 9.17) is 11.6 Å². The van der Waals surface area contributed by atoms with E-state index < -0.39 is 0 Å². The van der Waals surface area contributed by atoms with Crippen LogP contribution in [-0.2, 0) is 13.6 Å². The van der Waals surface area contributed by atoms with Gasteiger partial charge in [-0.25, -0.2) is 9.97 Å². The van der Waals surface area contributed by atoms with E-state index in [1.165, 1.54) is 0 Å². The van der Waals surface area contributed by atoms with E-state index in [1.54, 1.807) is 23.3 Å². The predicted molar refractivity (Wildman–Crippen MR) is 65.3 cm³/mol. The summed E-state index contributed by atoms with van der Waals surface area (Å²) in [5.74, 6) is 1.43. The van der Waals surface area contributed by atoms with Crippen LogP contribution in [-0.4, -0.2) is 19.7 Å². The molecule has 2 aromatic heterocycles. The predicted octanol–water partition coefficient (Wildman–Crippen LogP) is 2.24. The Labute approximate surface area is 106 Å². The van der Waals surface area contributed by atoms with Gasteiger partial charge < -0.3 is 5.32 Å². The molecule has 0 aliphatic heterocycles. The molecule has 0 saturated heterocycles. The maximum atomic E-state index is 5.79. The van der Waals surface area contributed by atoms with Gasteiger partial charge in [-0.2, -0.15) is 5.10 Å². The van der Waals surface area contributed by atoms with Crippen molar-refractivity contribution in [1.82, 2.24) is 19.7 Å². The number of hydrogen-bond acceptors (Lipinski definition) is 4. The van der Waals surface area contributed by atoms with Crippen LogP contribution >= 0.6 is 27.5 Å². The molecule has 0 saturated carbocycles. The molecule has 0 radical (unpaired) electrons. The van der Waals surface area contributed by atoms with Crippen molar-refractivity contribution < 1.29 is 0 Å². The Morgan fingerprint density at radius 1 is 1.50 bits per heavy atom. The smallest absolute Gasteiger partial charge is 0.169 e. The summed E-state index contributed by atoms with van der Waals surface area (Å²) < 4.78 is 2.47. The van der Waals surface area contributed by atoms with Gasteiger partial charge in [0.1, 0.15) is 12.1 Å². The Kier molecular flexibility index (Phi) is 3.40. The van der Waals surface area contributed by atoms with Gasteiger partial charge in [0.05, 0.1) is 16.0 Å². The van der Waals surface area contributed by atoms with Crippen molar-refractivity contribution >= 4 is 33.3 Å². The zero-order valence-electron chi connectivity index (χ0n) is 8.48. The topological polar surface area (TPSA) is 55.6 Å². The van der Waals surface area contributed by atoms with E-state index in [0.29, 0.717) is 17.4 Å². The lowest BCUT2D eigenvalue weighted by Crippen LogP contribution is -2.04. The monoisotopic (exact) mass is 301 g/mol. The molecule has 0 amide bonds. The number of halogens is 2. The standard InChI is InChI=1S/C9H9BrClN5/c1-16-5-14-8(15-16)4-13-9-7(10)2-6(11)3-12-9/h2-3,5H,4H2,1H3,(H,12,13). The van der Waals surface area contributed by atoms with Gasteiger partial charge in [0.25, 0.3) is 0 Å². The highest BCUT2D eigenvalue weighted by atomic mass is 79.9. The third kappa shape index (κ3) is 2.70. The Bertz CT molecular complexity index is 498. The first-order valence-electron chi connectivity index (χ1n) is 4.54. The fraction of sp³-hybridized carbons (Fsp3) is 0.222. The summed E-state index contributed by atoms with van der Waals surface area (Å²) in [7, 11) is 1.83. The fourth-order valence-corrected chi connectivity index (χ4v) is 1.95. The summed E-state index contributed by atoms with van der Waals surface area (Å²) >= 11 is 9.16. The van der Waals surface area contributed by atoms with Crippen LogP contribution in [0.4, 0.5) is 5.82 Å². The minimum absolute atomic E-state index is 0.522. The maximum absolute atomic E-state index is 5.79. The van der Waals surface area contributed by atoms with Crippen molar-refractivity contribution in [1.29, 1.82) is 0 Å². The molecule has 2 aromatic rings. The van der Waals surface area contributed by atoms with Crippen LogP contribution in [0.2, 0.25) is 5.02 Å². The average Bonchev–Trinajstić information content (AvgIpc) is 2.63. The van der Waals surface area contributed by atoms with Gasteiger partial charge in [-0.05, 0) is 22.0 Å². The van der Waals surface area contributed by atoms with Gasteiger partial charge in [-0.3, -0.25) is 4.68 Å². The summed E-state index contributed by atoms with van der Waals surface area (Å²) in [5.41, 5.74) is 0. The maximum Gasteiger partial charge on any atom is 0.169 e. The van der Waals surface area contributed by atoms with Gasteiger partial charge in [-0.1, -0.05) is 11.6 Å². The summed E-state index contributed by atoms with van der Waals surface area (Å²) in [4.78, 5) is 8.25. The highest BCUT2D eigenvalue weighted by Crippen LogP contribution is 2.23. The quantitative estimate of drug-likeness (QED) is 0.945. The Morgan fingerprint density at radius 3 is 2.94 bits per heavy atom. The Balaban J connectivity index is 2.04. The molecule has 0 aliphatic carbocycles. The van der Waals surface area contributed by atoms with Crippen LogP contribution in [0.5, 0.6) is 0 Å². The van der Waals surface area contributed by atoms with Crippen LogP contribution in [0.25, 0.3) is 0 Å². The SMILES string of the molecule is Cn1cnc(CNc2ncc(Cl)cc2Br)n1. The van der Waals surface area contributed by atoms with Crippen LogP contribution in [0.15, 0.2) is 23.1 Å². The zero-order chi connectivity index (χ0) is 11.5. The normalized spacial score (nSPS) is 10.4. The van der Waals surface area contributed by atoms with Gasteiger partial charge in [-0.15, -0.1) is 0 Å². The molecule has 0 aromatic carbocycles. The lowest BCUT2D eigenvalue weighted by atomic mass is 10.4. The summed E-state index contributed by atoms with van der Waals surface area (Å²) in [6, 6.07) is 1.78. The first kappa shape index (κ1) is 11.3. The number of hydrogen-bond donors (Lipinski definition) is 1. The lowest BCUT2D eigenvalue weighted by Gasteiger charge is -2.05. The van der Waals surface area contributed by atoms with Crippen molar-refractivity contribution in [3.05, 3.63) is 33.9 Å². The van der Waals surface area contributed by atoms with E-state index in [9.17, 15) is 0 Å². The van der Waals surface area contributed by atoms with E-state index >= 15 is 0 Å². The molecular formula is C9H9BrClN5. The molecule has 5 nitrogen and oxygen atoms in total. The van der Waals surface area contributed by atoms with Crippen molar-refractivity contribution in [2.45, 2.75) is 6.54 Å². The summed E-state index contributed by atoms with van der Waals surface area (Å²) in [5, 5.41) is 7.85. The summed E-state index contributed by atoms with van der Waals surface area (Å²) in [6.07, 6.45) is 3.24. The number of pyridine rings is 1. The molecule has 16 heavy (non-hydrogen) atoms. The third-order valence-corrected chi connectivity index (χ3v) is 2.68. The molecule has 0 bridgehead atoms. The van der Waals surface area contributed by atoms with Crippen LogP contribution in [0.3, 0.4) is 0 Å².